The third-order valence-electron chi connectivity index (χ3n) is 4.22. The predicted octanol–water partition coefficient (Wildman–Crippen LogP) is 3.40. The molecule has 1 fully saturated rings. The van der Waals surface area contributed by atoms with Crippen molar-refractivity contribution in [3.05, 3.63) is 58.3 Å². The number of hydrogen-bond donors (Lipinski definition) is 0. The van der Waals surface area contributed by atoms with Gasteiger partial charge in [0.1, 0.15) is 5.92 Å². The molecule has 0 bridgehead atoms. The lowest BCUT2D eigenvalue weighted by Crippen LogP contribution is -2.37. The molecule has 7 heteroatoms. The smallest absolute Gasteiger partial charge is 0.239 e. The molecule has 25 heavy (non-hydrogen) atoms. The fourth-order valence-electron chi connectivity index (χ4n) is 2.95. The zero-order valence-corrected chi connectivity index (χ0v) is 15.2. The fraction of sp³-hybridized carbons (Fsp3) is 0.278. The van der Waals surface area contributed by atoms with Crippen LogP contribution in [0.2, 0.25) is 10.0 Å². The van der Waals surface area contributed by atoms with Gasteiger partial charge in [-0.1, -0.05) is 29.3 Å². The van der Waals surface area contributed by atoms with E-state index in [1.165, 1.54) is 4.90 Å². The lowest BCUT2D eigenvalue weighted by molar-refractivity contribution is -0.139. The molecule has 1 saturated heterocycles. The number of carbonyl (C=O) groups is 2. The molecular weight excluding hydrogens is 361 g/mol. The van der Waals surface area contributed by atoms with E-state index in [2.05, 4.69) is 4.98 Å². The van der Waals surface area contributed by atoms with Gasteiger partial charge in [0, 0.05) is 37.6 Å². The van der Waals surface area contributed by atoms with E-state index >= 15 is 0 Å². The van der Waals surface area contributed by atoms with Gasteiger partial charge >= 0.3 is 0 Å². The Labute approximate surface area is 156 Å². The summed E-state index contributed by atoms with van der Waals surface area (Å²) in [6, 6.07) is 8.67. The Bertz CT molecular complexity index is 798. The van der Waals surface area contributed by atoms with Crippen molar-refractivity contribution in [2.24, 2.45) is 5.92 Å². The molecule has 2 amide bonds. The van der Waals surface area contributed by atoms with Crippen molar-refractivity contribution in [2.75, 3.05) is 18.5 Å². The van der Waals surface area contributed by atoms with E-state index in [0.29, 0.717) is 35.2 Å². The highest BCUT2D eigenvalue weighted by atomic mass is 35.5. The van der Waals surface area contributed by atoms with Crippen LogP contribution in [0.5, 0.6) is 0 Å². The number of nitrogens with zero attached hydrogens (tertiary/aromatic N) is 3. The Morgan fingerprint density at radius 2 is 2.16 bits per heavy atom. The summed E-state index contributed by atoms with van der Waals surface area (Å²) in [5, 5.41) is 0.935. The first-order valence-corrected chi connectivity index (χ1v) is 8.63. The molecule has 1 aromatic carbocycles. The van der Waals surface area contributed by atoms with Crippen molar-refractivity contribution < 1.29 is 9.59 Å². The largest absolute Gasteiger partial charge is 0.341 e. The van der Waals surface area contributed by atoms with Crippen LogP contribution in [0.15, 0.2) is 42.7 Å². The zero-order chi connectivity index (χ0) is 18.0. The SMILES string of the molecule is CN(Cc1cccnc1)C(=O)C1CCN(c2cc(Cl)ccc2Cl)C1=O. The van der Waals surface area contributed by atoms with Gasteiger partial charge in [0.05, 0.1) is 10.7 Å². The Morgan fingerprint density at radius 3 is 2.88 bits per heavy atom. The van der Waals surface area contributed by atoms with Gasteiger partial charge < -0.3 is 9.80 Å². The lowest BCUT2D eigenvalue weighted by atomic mass is 10.1. The lowest BCUT2D eigenvalue weighted by Gasteiger charge is -2.22. The second kappa shape index (κ2) is 7.42. The maximum absolute atomic E-state index is 12.7. The van der Waals surface area contributed by atoms with Gasteiger partial charge in [-0.25, -0.2) is 0 Å². The highest BCUT2D eigenvalue weighted by Gasteiger charge is 2.39. The van der Waals surface area contributed by atoms with E-state index in [0.717, 1.165) is 5.56 Å². The molecule has 3 rings (SSSR count). The van der Waals surface area contributed by atoms with Crippen molar-refractivity contribution in [1.82, 2.24) is 9.88 Å². The standard InChI is InChI=1S/C18H17Cl2N3O2/c1-22(11-12-3-2-7-21-10-12)17(24)14-6-8-23(18(14)25)16-9-13(19)4-5-15(16)20/h2-5,7,9-10,14H,6,8,11H2,1H3. The molecule has 2 heterocycles. The molecule has 2 aromatic rings. The topological polar surface area (TPSA) is 53.5 Å². The number of pyridine rings is 1. The van der Waals surface area contributed by atoms with Gasteiger partial charge in [-0.3, -0.25) is 14.6 Å². The summed E-state index contributed by atoms with van der Waals surface area (Å²) in [6.45, 7) is 0.852. The number of halogens is 2. The van der Waals surface area contributed by atoms with E-state index in [4.69, 9.17) is 23.2 Å². The Hall–Kier alpha value is -2.11. The van der Waals surface area contributed by atoms with Crippen molar-refractivity contribution in [2.45, 2.75) is 13.0 Å². The molecule has 1 aliphatic rings. The quantitative estimate of drug-likeness (QED) is 0.767. The summed E-state index contributed by atoms with van der Waals surface area (Å²) < 4.78 is 0. The van der Waals surface area contributed by atoms with Crippen molar-refractivity contribution in [1.29, 1.82) is 0 Å². The highest BCUT2D eigenvalue weighted by molar-refractivity contribution is 6.36. The minimum atomic E-state index is -0.697. The van der Waals surface area contributed by atoms with Crippen LogP contribution in [0.3, 0.4) is 0 Å². The summed E-state index contributed by atoms with van der Waals surface area (Å²) in [7, 11) is 1.69. The summed E-state index contributed by atoms with van der Waals surface area (Å²) in [5.74, 6) is -1.14. The van der Waals surface area contributed by atoms with Crippen molar-refractivity contribution in [3.63, 3.8) is 0 Å². The minimum Gasteiger partial charge on any atom is -0.341 e. The van der Waals surface area contributed by atoms with Gasteiger partial charge in [0.25, 0.3) is 0 Å². The Kier molecular flexibility index (Phi) is 5.25. The van der Waals surface area contributed by atoms with E-state index < -0.39 is 5.92 Å². The van der Waals surface area contributed by atoms with Crippen LogP contribution >= 0.6 is 23.2 Å². The van der Waals surface area contributed by atoms with Crippen LogP contribution in [-0.2, 0) is 16.1 Å². The fourth-order valence-corrected chi connectivity index (χ4v) is 3.34. The summed E-state index contributed by atoms with van der Waals surface area (Å²) in [6.07, 6.45) is 3.84. The maximum atomic E-state index is 12.7. The molecule has 0 N–H and O–H groups in total. The van der Waals surface area contributed by atoms with E-state index in [9.17, 15) is 9.59 Å². The van der Waals surface area contributed by atoms with Crippen molar-refractivity contribution >= 4 is 40.7 Å². The predicted molar refractivity (Wildman–Crippen MR) is 97.6 cm³/mol. The van der Waals surface area contributed by atoms with Crippen LogP contribution in [-0.4, -0.2) is 35.3 Å². The molecular formula is C18H17Cl2N3O2. The third kappa shape index (κ3) is 3.78. The normalized spacial score (nSPS) is 17.0. The molecule has 5 nitrogen and oxygen atoms in total. The average molecular weight is 378 g/mol. The van der Waals surface area contributed by atoms with Crippen molar-refractivity contribution in [3.8, 4) is 0 Å². The van der Waals surface area contributed by atoms with Crippen LogP contribution in [0.4, 0.5) is 5.69 Å². The minimum absolute atomic E-state index is 0.200. The van der Waals surface area contributed by atoms with Crippen LogP contribution in [0, 0.1) is 5.92 Å². The Balaban J connectivity index is 1.73. The number of rotatable bonds is 4. The zero-order valence-electron chi connectivity index (χ0n) is 13.7. The molecule has 130 valence electrons. The Morgan fingerprint density at radius 1 is 1.36 bits per heavy atom. The summed E-state index contributed by atoms with van der Waals surface area (Å²) in [5.41, 5.74) is 1.46. The number of amides is 2. The summed E-state index contributed by atoms with van der Waals surface area (Å²) >= 11 is 12.2. The maximum Gasteiger partial charge on any atom is 0.239 e. The van der Waals surface area contributed by atoms with Crippen LogP contribution in [0.1, 0.15) is 12.0 Å². The first kappa shape index (κ1) is 17.7. The van der Waals surface area contributed by atoms with E-state index in [-0.39, 0.29) is 11.8 Å². The molecule has 1 unspecified atom stereocenters. The van der Waals surface area contributed by atoms with E-state index in [1.54, 1.807) is 42.5 Å². The number of aromatic nitrogens is 1. The van der Waals surface area contributed by atoms with Gasteiger partial charge in [0.2, 0.25) is 11.8 Å². The molecule has 1 aromatic heterocycles. The average Bonchev–Trinajstić information content (AvgIpc) is 2.98. The monoisotopic (exact) mass is 377 g/mol. The van der Waals surface area contributed by atoms with Crippen LogP contribution < -0.4 is 4.90 Å². The third-order valence-corrected chi connectivity index (χ3v) is 4.78. The molecule has 1 aliphatic heterocycles. The second-order valence-electron chi connectivity index (χ2n) is 5.98. The number of benzene rings is 1. The van der Waals surface area contributed by atoms with Crippen LogP contribution in [0.25, 0.3) is 0 Å². The number of carbonyl (C=O) groups excluding carboxylic acids is 2. The first-order valence-electron chi connectivity index (χ1n) is 7.87. The van der Waals surface area contributed by atoms with Gasteiger partial charge in [-0.15, -0.1) is 0 Å². The second-order valence-corrected chi connectivity index (χ2v) is 6.83. The first-order chi connectivity index (χ1) is 12.0. The molecule has 1 atom stereocenters. The van der Waals surface area contributed by atoms with Gasteiger partial charge in [0.15, 0.2) is 0 Å². The van der Waals surface area contributed by atoms with Gasteiger partial charge in [-0.2, -0.15) is 0 Å². The number of anilines is 1. The molecule has 0 saturated carbocycles. The van der Waals surface area contributed by atoms with Gasteiger partial charge in [-0.05, 0) is 36.2 Å². The highest BCUT2D eigenvalue weighted by Crippen LogP contribution is 2.34. The molecule has 0 aliphatic carbocycles. The van der Waals surface area contributed by atoms with E-state index in [1.807, 2.05) is 12.1 Å². The molecule has 0 spiro atoms. The number of hydrogen-bond acceptors (Lipinski definition) is 3. The summed E-state index contributed by atoms with van der Waals surface area (Å²) in [4.78, 5) is 32.6. The molecule has 0 radical (unpaired) electrons.